The van der Waals surface area contributed by atoms with Crippen LogP contribution in [0.1, 0.15) is 0 Å². The Bertz CT molecular complexity index is 151. The second-order valence-corrected chi connectivity index (χ2v) is 2.09. The van der Waals surface area contributed by atoms with Crippen LogP contribution in [0.2, 0.25) is 0 Å². The molecule has 1 fully saturated rings. The van der Waals surface area contributed by atoms with Crippen LogP contribution in [-0.2, 0) is 4.74 Å². The Hall–Kier alpha value is -0.840. The molecule has 0 radical (unpaired) electrons. The van der Waals surface area contributed by atoms with Gasteiger partial charge in [-0.2, -0.15) is 0 Å². The molecule has 0 unspecified atom stereocenters. The fourth-order valence-electron chi connectivity index (χ4n) is 0.717. The lowest BCUT2D eigenvalue weighted by Gasteiger charge is -2.10. The molecule has 0 saturated carbocycles. The predicted octanol–water partition coefficient (Wildman–Crippen LogP) is -0.0571. The number of nitrogens with zero attached hydrogens (tertiary/aromatic N) is 1. The van der Waals surface area contributed by atoms with Gasteiger partial charge in [-0.15, -0.1) is 0 Å². The lowest BCUT2D eigenvalue weighted by Crippen LogP contribution is -2.33. The minimum atomic E-state index is -0.274. The summed E-state index contributed by atoms with van der Waals surface area (Å²) in [5.41, 5.74) is 1.38. The van der Waals surface area contributed by atoms with Crippen LogP contribution in [0.25, 0.3) is 0 Å². The molecule has 56 valence electrons. The van der Waals surface area contributed by atoms with Gasteiger partial charge in [0, 0.05) is 0 Å². The van der Waals surface area contributed by atoms with Gasteiger partial charge in [-0.25, -0.2) is 4.79 Å². The van der Waals surface area contributed by atoms with Crippen molar-refractivity contribution in [1.82, 2.24) is 10.2 Å². The van der Waals surface area contributed by atoms with Crippen molar-refractivity contribution in [3.8, 4) is 0 Å². The molecule has 1 heterocycles. The number of ether oxygens (including phenoxy) is 1. The molecule has 5 heteroatoms. The molecular weight excluding hydrogens is 152 g/mol. The summed E-state index contributed by atoms with van der Waals surface area (Å²) in [5.74, 6) is 0. The molecule has 1 amide bonds. The van der Waals surface area contributed by atoms with Crippen molar-refractivity contribution in [3.63, 3.8) is 0 Å². The Morgan fingerprint density at radius 1 is 1.90 bits per heavy atom. The number of rotatable bonds is 3. The summed E-state index contributed by atoms with van der Waals surface area (Å²) in [6.45, 7) is 1.58. The average molecular weight is 160 g/mol. The highest BCUT2D eigenvalue weighted by Gasteiger charge is 2.20. The van der Waals surface area contributed by atoms with E-state index >= 15 is 0 Å². The first-order chi connectivity index (χ1) is 4.84. The second-order valence-electron chi connectivity index (χ2n) is 1.86. The van der Waals surface area contributed by atoms with Crippen LogP contribution in [0.5, 0.6) is 0 Å². The van der Waals surface area contributed by atoms with Gasteiger partial charge in [0.1, 0.15) is 6.61 Å². The maximum Gasteiger partial charge on any atom is 0.411 e. The lowest BCUT2D eigenvalue weighted by molar-refractivity contribution is 0.158. The monoisotopic (exact) mass is 160 g/mol. The third-order valence-electron chi connectivity index (χ3n) is 1.21. The summed E-state index contributed by atoms with van der Waals surface area (Å²) < 4.78 is 4.66. The zero-order valence-corrected chi connectivity index (χ0v) is 6.19. The minimum absolute atomic E-state index is 0.274. The molecule has 0 aromatic rings. The molecule has 1 saturated heterocycles. The summed E-state index contributed by atoms with van der Waals surface area (Å²) in [4.78, 5) is 12.2. The van der Waals surface area contributed by atoms with E-state index in [1.807, 2.05) is 0 Å². The predicted molar refractivity (Wildman–Crippen MR) is 39.7 cm³/mol. The van der Waals surface area contributed by atoms with Crippen molar-refractivity contribution in [2.75, 3.05) is 19.8 Å². The van der Waals surface area contributed by atoms with E-state index in [1.165, 1.54) is 5.49 Å². The molecule has 0 aromatic carbocycles. The summed E-state index contributed by atoms with van der Waals surface area (Å²) >= 11 is 4.51. The van der Waals surface area contributed by atoms with Crippen molar-refractivity contribution in [2.24, 2.45) is 0 Å². The van der Waals surface area contributed by atoms with Crippen LogP contribution in [0.4, 0.5) is 4.79 Å². The van der Waals surface area contributed by atoms with Crippen LogP contribution >= 0.6 is 12.2 Å². The Morgan fingerprint density at radius 3 is 3.20 bits per heavy atom. The van der Waals surface area contributed by atoms with Crippen molar-refractivity contribution in [2.45, 2.75) is 0 Å². The Kier molecular flexibility index (Phi) is 2.44. The summed E-state index contributed by atoms with van der Waals surface area (Å²) in [5, 5.41) is 2.74. The van der Waals surface area contributed by atoms with Gasteiger partial charge in [-0.3, -0.25) is 4.90 Å². The maximum atomic E-state index is 10.7. The van der Waals surface area contributed by atoms with E-state index in [-0.39, 0.29) is 6.09 Å². The van der Waals surface area contributed by atoms with Gasteiger partial charge in [0.2, 0.25) is 0 Å². The van der Waals surface area contributed by atoms with Crippen molar-refractivity contribution in [1.29, 1.82) is 0 Å². The molecule has 4 nitrogen and oxygen atoms in total. The first kappa shape index (κ1) is 7.27. The second kappa shape index (κ2) is 3.36. The van der Waals surface area contributed by atoms with Gasteiger partial charge in [0.25, 0.3) is 0 Å². The van der Waals surface area contributed by atoms with E-state index in [0.717, 1.165) is 0 Å². The number of amides is 1. The van der Waals surface area contributed by atoms with E-state index in [2.05, 4.69) is 22.3 Å². The smallest absolute Gasteiger partial charge is 0.411 e. The molecule has 0 aliphatic carbocycles. The van der Waals surface area contributed by atoms with Gasteiger partial charge in [-0.1, -0.05) is 12.2 Å². The van der Waals surface area contributed by atoms with E-state index in [9.17, 15) is 4.79 Å². The fraction of sp³-hybridized carbons (Fsp3) is 0.600. The first-order valence-electron chi connectivity index (χ1n) is 2.93. The fourth-order valence-corrected chi connectivity index (χ4v) is 0.791. The van der Waals surface area contributed by atoms with Crippen LogP contribution < -0.4 is 5.32 Å². The number of cyclic esters (lactones) is 1. The standard InChI is InChI=1S/C5H8N2O2S/c8-5-7(1-2-9-5)3-6-4-10/h4H,1-3H2,(H,6,10). The van der Waals surface area contributed by atoms with Crippen LogP contribution in [-0.4, -0.2) is 36.3 Å². The first-order valence-corrected chi connectivity index (χ1v) is 3.40. The normalized spacial score (nSPS) is 16.8. The Morgan fingerprint density at radius 2 is 2.70 bits per heavy atom. The Balaban J connectivity index is 2.26. The summed E-state index contributed by atoms with van der Waals surface area (Å²) in [7, 11) is 0. The Labute approximate surface area is 64.1 Å². The van der Waals surface area contributed by atoms with Crippen molar-refractivity contribution < 1.29 is 9.53 Å². The molecular formula is C5H8N2O2S. The molecule has 0 aromatic heterocycles. The maximum absolute atomic E-state index is 10.7. The number of nitrogens with one attached hydrogen (secondary N) is 1. The van der Waals surface area contributed by atoms with Crippen LogP contribution in [0, 0.1) is 0 Å². The lowest BCUT2D eigenvalue weighted by atomic mass is 10.6. The van der Waals surface area contributed by atoms with Crippen LogP contribution in [0.15, 0.2) is 0 Å². The highest BCUT2D eigenvalue weighted by atomic mass is 32.1. The van der Waals surface area contributed by atoms with Gasteiger partial charge >= 0.3 is 6.09 Å². The third-order valence-corrected chi connectivity index (χ3v) is 1.38. The summed E-state index contributed by atoms with van der Waals surface area (Å²) in [6.07, 6.45) is -0.274. The SMILES string of the molecule is O=C1OCCN1CNC=S. The topological polar surface area (TPSA) is 41.6 Å². The number of hydrogen-bond acceptors (Lipinski definition) is 3. The third kappa shape index (κ3) is 1.57. The molecule has 1 N–H and O–H groups in total. The highest BCUT2D eigenvalue weighted by Crippen LogP contribution is 1.99. The number of hydrogen-bond donors (Lipinski definition) is 1. The molecule has 0 bridgehead atoms. The quantitative estimate of drug-likeness (QED) is 0.587. The van der Waals surface area contributed by atoms with Gasteiger partial charge in [0.05, 0.1) is 18.7 Å². The highest BCUT2D eigenvalue weighted by molar-refractivity contribution is 7.78. The largest absolute Gasteiger partial charge is 0.447 e. The number of carbonyl (C=O) groups excluding carboxylic acids is 1. The van der Waals surface area contributed by atoms with E-state index in [1.54, 1.807) is 4.90 Å². The minimum Gasteiger partial charge on any atom is -0.447 e. The van der Waals surface area contributed by atoms with Gasteiger partial charge in [0.15, 0.2) is 0 Å². The molecule has 1 aliphatic rings. The number of thiocarbonyl (C=S) groups is 1. The van der Waals surface area contributed by atoms with E-state index in [4.69, 9.17) is 0 Å². The number of carbonyl (C=O) groups is 1. The molecule has 10 heavy (non-hydrogen) atoms. The van der Waals surface area contributed by atoms with Crippen molar-refractivity contribution in [3.05, 3.63) is 0 Å². The zero-order chi connectivity index (χ0) is 7.40. The molecule has 1 rings (SSSR count). The van der Waals surface area contributed by atoms with E-state index < -0.39 is 0 Å². The van der Waals surface area contributed by atoms with Crippen LogP contribution in [0.3, 0.4) is 0 Å². The van der Waals surface area contributed by atoms with E-state index in [0.29, 0.717) is 19.8 Å². The summed E-state index contributed by atoms with van der Waals surface area (Å²) in [6, 6.07) is 0. The van der Waals surface area contributed by atoms with Crippen molar-refractivity contribution >= 4 is 23.8 Å². The van der Waals surface area contributed by atoms with Gasteiger partial charge < -0.3 is 10.1 Å². The molecule has 1 aliphatic heterocycles. The zero-order valence-electron chi connectivity index (χ0n) is 5.37. The van der Waals surface area contributed by atoms with Gasteiger partial charge in [-0.05, 0) is 0 Å². The average Bonchev–Trinajstić information content (AvgIpc) is 2.31. The molecule has 0 spiro atoms. The molecule has 0 atom stereocenters.